The molecule has 186 valence electrons. The maximum atomic E-state index is 12.8. The number of carbonyl (C=O) groups excluding carboxylic acids is 2. The van der Waals surface area contributed by atoms with Crippen LogP contribution in [-0.4, -0.2) is 32.1 Å². The second-order valence-corrected chi connectivity index (χ2v) is 8.85. The topological polar surface area (TPSA) is 67.9 Å². The Labute approximate surface area is 216 Å². The van der Waals surface area contributed by atoms with Gasteiger partial charge in [0.15, 0.2) is 0 Å². The summed E-state index contributed by atoms with van der Waals surface area (Å²) in [6.07, 6.45) is 0. The lowest BCUT2D eigenvalue weighted by molar-refractivity contribution is 0.0600. The average Bonchev–Trinajstić information content (AvgIpc) is 2.96. The number of anilines is 1. The van der Waals surface area contributed by atoms with Gasteiger partial charge in [0.25, 0.3) is 5.91 Å². The molecule has 0 saturated heterocycles. The van der Waals surface area contributed by atoms with Crippen LogP contribution in [-0.2, 0) is 17.8 Å². The third-order valence-corrected chi connectivity index (χ3v) is 6.47. The summed E-state index contributed by atoms with van der Waals surface area (Å²) in [5.41, 5.74) is 6.39. The average molecular weight is 493 g/mol. The largest absolute Gasteiger partial charge is 0.490 e. The molecule has 0 aromatic heterocycles. The summed E-state index contributed by atoms with van der Waals surface area (Å²) in [6.45, 7) is 2.44. The van der Waals surface area contributed by atoms with Crippen molar-refractivity contribution in [2.24, 2.45) is 0 Å². The van der Waals surface area contributed by atoms with Crippen molar-refractivity contribution in [3.8, 4) is 16.9 Å². The normalized spacial score (nSPS) is 12.3. The minimum Gasteiger partial charge on any atom is -0.490 e. The second kappa shape index (κ2) is 11.0. The number of amides is 1. The van der Waals surface area contributed by atoms with Gasteiger partial charge < -0.3 is 19.7 Å². The number of methoxy groups -OCH3 is 1. The van der Waals surface area contributed by atoms with Crippen molar-refractivity contribution < 1.29 is 19.1 Å². The molecule has 4 aromatic rings. The van der Waals surface area contributed by atoms with Crippen LogP contribution in [0.4, 0.5) is 5.69 Å². The molecule has 1 aliphatic rings. The molecular weight excluding hydrogens is 464 g/mol. The third kappa shape index (κ3) is 5.48. The number of nitrogens with zero attached hydrogens (tertiary/aromatic N) is 1. The van der Waals surface area contributed by atoms with Crippen LogP contribution in [0, 0.1) is 0 Å². The Hall–Kier alpha value is -4.58. The van der Waals surface area contributed by atoms with Crippen LogP contribution in [0.5, 0.6) is 5.75 Å². The van der Waals surface area contributed by atoms with E-state index in [-0.39, 0.29) is 11.9 Å². The van der Waals surface area contributed by atoms with Gasteiger partial charge in [0.05, 0.1) is 24.9 Å². The fourth-order valence-electron chi connectivity index (χ4n) is 4.51. The number of hydrogen-bond acceptors (Lipinski definition) is 5. The monoisotopic (exact) mass is 492 g/mol. The molecule has 6 heteroatoms. The Morgan fingerprint density at radius 2 is 1.62 bits per heavy atom. The molecule has 0 aliphatic carbocycles. The Balaban J connectivity index is 1.33. The van der Waals surface area contributed by atoms with E-state index in [1.807, 2.05) is 72.8 Å². The lowest BCUT2D eigenvalue weighted by Crippen LogP contribution is -2.32. The number of rotatable bonds is 7. The predicted octanol–water partition coefficient (Wildman–Crippen LogP) is 5.47. The molecule has 6 nitrogen and oxygen atoms in total. The molecule has 0 unspecified atom stereocenters. The van der Waals surface area contributed by atoms with Crippen LogP contribution in [0.3, 0.4) is 0 Å². The zero-order valence-corrected chi connectivity index (χ0v) is 20.6. The summed E-state index contributed by atoms with van der Waals surface area (Å²) in [7, 11) is 1.38. The number of carbonyl (C=O) groups is 2. The number of fused-ring (bicyclic) bond motifs is 1. The minimum absolute atomic E-state index is 0.131. The van der Waals surface area contributed by atoms with Gasteiger partial charge in [-0.15, -0.1) is 0 Å². The Morgan fingerprint density at radius 1 is 0.892 bits per heavy atom. The highest BCUT2D eigenvalue weighted by molar-refractivity contribution is 5.95. The fraction of sp³-hybridized carbons (Fsp3) is 0.161. The van der Waals surface area contributed by atoms with Crippen LogP contribution < -0.4 is 15.0 Å². The standard InChI is InChI=1S/C31H28N2O4/c1-36-31(35)24-13-11-23(12-14-24)27-10-6-5-9-26(27)21-33-17-18-37-29-19-25(15-16-28(29)33)30(34)32-20-22-7-3-2-4-8-22/h2-16,19H,17-18,20-21H2,1H3,(H,32,34). The SMILES string of the molecule is COC(=O)c1ccc(-c2ccccc2CN2CCOc3cc(C(=O)NCc4ccccc4)ccc32)cc1. The van der Waals surface area contributed by atoms with Crippen LogP contribution in [0.1, 0.15) is 31.8 Å². The highest BCUT2D eigenvalue weighted by Gasteiger charge is 2.21. The van der Waals surface area contributed by atoms with Gasteiger partial charge in [-0.2, -0.15) is 0 Å². The van der Waals surface area contributed by atoms with E-state index in [2.05, 4.69) is 22.3 Å². The fourth-order valence-corrected chi connectivity index (χ4v) is 4.51. The molecule has 1 heterocycles. The Morgan fingerprint density at radius 3 is 2.41 bits per heavy atom. The van der Waals surface area contributed by atoms with Gasteiger partial charge in [-0.3, -0.25) is 4.79 Å². The van der Waals surface area contributed by atoms with Crippen molar-refractivity contribution >= 4 is 17.6 Å². The van der Waals surface area contributed by atoms with E-state index in [9.17, 15) is 9.59 Å². The number of ether oxygens (including phenoxy) is 2. The van der Waals surface area contributed by atoms with Gasteiger partial charge in [0, 0.05) is 18.7 Å². The molecule has 0 spiro atoms. The highest BCUT2D eigenvalue weighted by atomic mass is 16.5. The van der Waals surface area contributed by atoms with Crippen molar-refractivity contribution in [2.45, 2.75) is 13.1 Å². The lowest BCUT2D eigenvalue weighted by atomic mass is 9.98. The van der Waals surface area contributed by atoms with Gasteiger partial charge in [0.2, 0.25) is 0 Å². The van der Waals surface area contributed by atoms with Gasteiger partial charge >= 0.3 is 5.97 Å². The quantitative estimate of drug-likeness (QED) is 0.347. The van der Waals surface area contributed by atoms with Crippen LogP contribution in [0.2, 0.25) is 0 Å². The third-order valence-electron chi connectivity index (χ3n) is 6.47. The highest BCUT2D eigenvalue weighted by Crippen LogP contribution is 2.35. The molecule has 37 heavy (non-hydrogen) atoms. The molecule has 4 aromatic carbocycles. The zero-order valence-electron chi connectivity index (χ0n) is 20.6. The van der Waals surface area contributed by atoms with Crippen LogP contribution >= 0.6 is 0 Å². The lowest BCUT2D eigenvalue weighted by Gasteiger charge is -2.32. The summed E-state index contributed by atoms with van der Waals surface area (Å²) in [5, 5.41) is 2.98. The van der Waals surface area contributed by atoms with E-state index < -0.39 is 0 Å². The van der Waals surface area contributed by atoms with E-state index >= 15 is 0 Å². The molecule has 1 amide bonds. The van der Waals surface area contributed by atoms with Crippen molar-refractivity contribution in [1.29, 1.82) is 0 Å². The number of hydrogen-bond donors (Lipinski definition) is 1. The summed E-state index contributed by atoms with van der Waals surface area (Å²) in [4.78, 5) is 26.8. The van der Waals surface area contributed by atoms with Crippen LogP contribution in [0.15, 0.2) is 97.1 Å². The van der Waals surface area contributed by atoms with E-state index in [1.54, 1.807) is 12.1 Å². The van der Waals surface area contributed by atoms with E-state index in [1.165, 1.54) is 7.11 Å². The predicted molar refractivity (Wildman–Crippen MR) is 144 cm³/mol. The molecule has 1 N–H and O–H groups in total. The van der Waals surface area contributed by atoms with Crippen molar-refractivity contribution in [1.82, 2.24) is 5.32 Å². The second-order valence-electron chi connectivity index (χ2n) is 8.85. The molecule has 0 fully saturated rings. The van der Waals surface area contributed by atoms with E-state index in [0.717, 1.165) is 34.5 Å². The molecule has 0 radical (unpaired) electrons. The molecular formula is C31H28N2O4. The molecule has 0 bridgehead atoms. The van der Waals surface area contributed by atoms with Crippen molar-refractivity contribution in [3.05, 3.63) is 119 Å². The first-order valence-corrected chi connectivity index (χ1v) is 12.2. The molecule has 1 aliphatic heterocycles. The maximum absolute atomic E-state index is 12.8. The van der Waals surface area contributed by atoms with Crippen molar-refractivity contribution in [3.63, 3.8) is 0 Å². The first-order valence-electron chi connectivity index (χ1n) is 12.2. The smallest absolute Gasteiger partial charge is 0.337 e. The van der Waals surface area contributed by atoms with Gasteiger partial charge in [0.1, 0.15) is 12.4 Å². The summed E-state index contributed by atoms with van der Waals surface area (Å²) in [6, 6.07) is 31.2. The zero-order chi connectivity index (χ0) is 25.6. The molecule has 0 atom stereocenters. The van der Waals surface area contributed by atoms with Crippen molar-refractivity contribution in [2.75, 3.05) is 25.2 Å². The summed E-state index contributed by atoms with van der Waals surface area (Å²) >= 11 is 0. The maximum Gasteiger partial charge on any atom is 0.337 e. The van der Waals surface area contributed by atoms with Gasteiger partial charge in [-0.05, 0) is 52.6 Å². The first kappa shape index (κ1) is 24.1. The molecule has 0 saturated carbocycles. The Bertz CT molecular complexity index is 1400. The van der Waals surface area contributed by atoms with E-state index in [0.29, 0.717) is 36.6 Å². The first-order chi connectivity index (χ1) is 18.1. The summed E-state index contributed by atoms with van der Waals surface area (Å²) < 4.78 is 10.8. The molecule has 5 rings (SSSR count). The number of esters is 1. The van der Waals surface area contributed by atoms with Crippen LogP contribution in [0.25, 0.3) is 11.1 Å². The number of nitrogens with one attached hydrogen (secondary N) is 1. The minimum atomic E-state index is -0.349. The van der Waals surface area contributed by atoms with Gasteiger partial charge in [-0.1, -0.05) is 66.7 Å². The van der Waals surface area contributed by atoms with E-state index in [4.69, 9.17) is 9.47 Å². The van der Waals surface area contributed by atoms with Gasteiger partial charge in [-0.25, -0.2) is 4.79 Å². The Kier molecular flexibility index (Phi) is 7.17. The number of benzene rings is 4. The summed E-state index contributed by atoms with van der Waals surface area (Å²) in [5.74, 6) is 0.226.